The second kappa shape index (κ2) is 9.22. The highest BCUT2D eigenvalue weighted by Gasteiger charge is 2.18. The number of nitriles is 1. The van der Waals surface area contributed by atoms with Crippen LogP contribution in [0, 0.1) is 11.3 Å². The van der Waals surface area contributed by atoms with Crippen LogP contribution < -0.4 is 4.74 Å². The van der Waals surface area contributed by atoms with E-state index in [4.69, 9.17) is 13.8 Å². The van der Waals surface area contributed by atoms with Gasteiger partial charge in [0.15, 0.2) is 0 Å². The average Bonchev–Trinajstić information content (AvgIpc) is 2.52. The summed E-state index contributed by atoms with van der Waals surface area (Å²) in [6.07, 6.45) is 3.13. The van der Waals surface area contributed by atoms with Gasteiger partial charge in [-0.2, -0.15) is 5.26 Å². The number of ether oxygens (including phenoxy) is 1. The summed E-state index contributed by atoms with van der Waals surface area (Å²) in [5.74, 6) is 2.06. The summed E-state index contributed by atoms with van der Waals surface area (Å²) >= 11 is 0. The molecule has 6 heteroatoms. The van der Waals surface area contributed by atoms with Crippen LogP contribution in [0.25, 0.3) is 6.08 Å². The highest BCUT2D eigenvalue weighted by molar-refractivity contribution is 7.57. The molecule has 0 saturated heterocycles. The molecular formula is C16H20NO4P. The van der Waals surface area contributed by atoms with Crippen molar-refractivity contribution in [2.24, 2.45) is 0 Å². The number of methoxy groups -OCH3 is 1. The van der Waals surface area contributed by atoms with Gasteiger partial charge < -0.3 is 13.8 Å². The lowest BCUT2D eigenvalue weighted by atomic mass is 10.1. The standard InChI is InChI=1S/C16H20NO4P/c1-4-20-22(18,21-5-2)11-10-15(13-17)12-14-6-8-16(19-3)9-7-14/h6-12H,4-5H2,1-3H3/b11-10+,15-12-. The number of allylic oxidation sites excluding steroid dienone is 2. The summed E-state index contributed by atoms with van der Waals surface area (Å²) in [6, 6.07) is 9.31. The minimum atomic E-state index is -3.30. The Morgan fingerprint density at radius 1 is 1.23 bits per heavy atom. The first kappa shape index (κ1) is 18.2. The zero-order valence-electron chi connectivity index (χ0n) is 13.0. The molecule has 0 aliphatic carbocycles. The molecule has 1 aromatic carbocycles. The maximum absolute atomic E-state index is 12.3. The minimum absolute atomic E-state index is 0.270. The van der Waals surface area contributed by atoms with Crippen LogP contribution >= 0.6 is 7.60 Å². The van der Waals surface area contributed by atoms with E-state index in [1.54, 1.807) is 39.2 Å². The fourth-order valence-electron chi connectivity index (χ4n) is 1.65. The van der Waals surface area contributed by atoms with Crippen molar-refractivity contribution in [3.8, 4) is 11.8 Å². The van der Waals surface area contributed by atoms with Gasteiger partial charge >= 0.3 is 7.60 Å². The SMILES string of the molecule is CCOP(=O)(/C=C/C(C#N)=C/c1ccc(OC)cc1)OCC. The van der Waals surface area contributed by atoms with Crippen LogP contribution in [-0.2, 0) is 13.6 Å². The Bertz CT molecular complexity index is 604. The Balaban J connectivity index is 2.95. The smallest absolute Gasteiger partial charge is 0.354 e. The molecule has 0 atom stereocenters. The molecule has 0 unspecified atom stereocenters. The van der Waals surface area contributed by atoms with Gasteiger partial charge in [-0.3, -0.25) is 4.57 Å². The maximum atomic E-state index is 12.3. The van der Waals surface area contributed by atoms with Crippen molar-refractivity contribution in [3.05, 3.63) is 47.3 Å². The fraction of sp³-hybridized carbons (Fsp3) is 0.312. The summed E-state index contributed by atoms with van der Waals surface area (Å²) in [4.78, 5) is 0. The van der Waals surface area contributed by atoms with E-state index in [0.717, 1.165) is 11.3 Å². The first-order chi connectivity index (χ1) is 10.6. The molecule has 1 aromatic rings. The summed E-state index contributed by atoms with van der Waals surface area (Å²) in [6.45, 7) is 4.01. The van der Waals surface area contributed by atoms with Gasteiger partial charge in [-0.05, 0) is 43.7 Å². The van der Waals surface area contributed by atoms with Gasteiger partial charge in [-0.15, -0.1) is 0 Å². The van der Waals surface area contributed by atoms with Crippen molar-refractivity contribution in [3.63, 3.8) is 0 Å². The van der Waals surface area contributed by atoms with E-state index in [-0.39, 0.29) is 13.2 Å². The van der Waals surface area contributed by atoms with Gasteiger partial charge in [0.1, 0.15) is 5.75 Å². The van der Waals surface area contributed by atoms with Gasteiger partial charge in [0.25, 0.3) is 0 Å². The van der Waals surface area contributed by atoms with Gasteiger partial charge in [-0.25, -0.2) is 0 Å². The Hall–Kier alpha value is -1.86. The van der Waals surface area contributed by atoms with E-state index in [2.05, 4.69) is 0 Å². The molecule has 0 heterocycles. The van der Waals surface area contributed by atoms with Crippen LogP contribution in [0.4, 0.5) is 0 Å². The number of benzene rings is 1. The summed E-state index contributed by atoms with van der Waals surface area (Å²) in [5.41, 5.74) is 1.19. The van der Waals surface area contributed by atoms with Crippen molar-refractivity contribution < 1.29 is 18.3 Å². The van der Waals surface area contributed by atoms with Gasteiger partial charge in [-0.1, -0.05) is 12.1 Å². The third-order valence-corrected chi connectivity index (χ3v) is 4.37. The highest BCUT2D eigenvalue weighted by Crippen LogP contribution is 2.49. The van der Waals surface area contributed by atoms with E-state index >= 15 is 0 Å². The number of hydrogen-bond acceptors (Lipinski definition) is 5. The van der Waals surface area contributed by atoms with E-state index in [1.165, 1.54) is 11.9 Å². The van der Waals surface area contributed by atoms with E-state index < -0.39 is 7.60 Å². The topological polar surface area (TPSA) is 68.6 Å². The summed E-state index contributed by atoms with van der Waals surface area (Å²) < 4.78 is 27.6. The van der Waals surface area contributed by atoms with E-state index in [1.807, 2.05) is 18.2 Å². The third-order valence-electron chi connectivity index (χ3n) is 2.62. The molecule has 0 bridgehead atoms. The molecule has 0 radical (unpaired) electrons. The molecular weight excluding hydrogens is 301 g/mol. The van der Waals surface area contributed by atoms with Crippen LogP contribution in [0.15, 0.2) is 41.7 Å². The molecule has 118 valence electrons. The fourth-order valence-corrected chi connectivity index (χ4v) is 2.96. The zero-order valence-corrected chi connectivity index (χ0v) is 13.9. The highest BCUT2D eigenvalue weighted by atomic mass is 31.2. The van der Waals surface area contributed by atoms with E-state index in [9.17, 15) is 9.83 Å². The number of rotatable bonds is 8. The van der Waals surface area contributed by atoms with Crippen molar-refractivity contribution in [1.29, 1.82) is 5.26 Å². The lowest BCUT2D eigenvalue weighted by Gasteiger charge is -2.12. The summed E-state index contributed by atoms with van der Waals surface area (Å²) in [7, 11) is -1.71. The Labute approximate surface area is 131 Å². The molecule has 0 aliphatic heterocycles. The number of nitrogens with zero attached hydrogens (tertiary/aromatic N) is 1. The van der Waals surface area contributed by atoms with Crippen molar-refractivity contribution >= 4 is 13.7 Å². The van der Waals surface area contributed by atoms with Gasteiger partial charge in [0.05, 0.1) is 32.0 Å². The van der Waals surface area contributed by atoms with Crippen LogP contribution in [0.3, 0.4) is 0 Å². The van der Waals surface area contributed by atoms with Crippen LogP contribution in [0.5, 0.6) is 5.75 Å². The molecule has 1 rings (SSSR count). The van der Waals surface area contributed by atoms with Crippen LogP contribution in [0.1, 0.15) is 19.4 Å². The van der Waals surface area contributed by atoms with Crippen molar-refractivity contribution in [2.45, 2.75) is 13.8 Å². The van der Waals surface area contributed by atoms with E-state index in [0.29, 0.717) is 5.57 Å². The molecule has 0 fully saturated rings. The molecule has 22 heavy (non-hydrogen) atoms. The quantitative estimate of drug-likeness (QED) is 0.404. The lowest BCUT2D eigenvalue weighted by molar-refractivity contribution is 0.229. The largest absolute Gasteiger partial charge is 0.497 e. The first-order valence-electron chi connectivity index (χ1n) is 6.90. The average molecular weight is 321 g/mol. The van der Waals surface area contributed by atoms with Crippen LogP contribution in [-0.4, -0.2) is 20.3 Å². The molecule has 0 spiro atoms. The second-order valence-corrected chi connectivity index (χ2v) is 6.07. The Morgan fingerprint density at radius 2 is 1.82 bits per heavy atom. The van der Waals surface area contributed by atoms with Gasteiger partial charge in [0.2, 0.25) is 0 Å². The molecule has 0 aliphatic rings. The third kappa shape index (κ3) is 5.87. The molecule has 5 nitrogen and oxygen atoms in total. The molecule has 0 amide bonds. The predicted molar refractivity (Wildman–Crippen MR) is 86.6 cm³/mol. The number of hydrogen-bond donors (Lipinski definition) is 0. The maximum Gasteiger partial charge on any atom is 0.354 e. The Morgan fingerprint density at radius 3 is 2.27 bits per heavy atom. The summed E-state index contributed by atoms with van der Waals surface area (Å²) in [5, 5.41) is 9.18. The normalized spacial score (nSPS) is 12.4. The van der Waals surface area contributed by atoms with Gasteiger partial charge in [0, 0.05) is 5.82 Å². The first-order valence-corrected chi connectivity index (χ1v) is 8.52. The zero-order chi connectivity index (χ0) is 16.4. The predicted octanol–water partition coefficient (Wildman–Crippen LogP) is 4.38. The monoisotopic (exact) mass is 321 g/mol. The molecule has 0 aromatic heterocycles. The molecule has 0 N–H and O–H groups in total. The lowest BCUT2D eigenvalue weighted by Crippen LogP contribution is -1.92. The molecule has 0 saturated carbocycles. The van der Waals surface area contributed by atoms with Crippen LogP contribution in [0.2, 0.25) is 0 Å². The van der Waals surface area contributed by atoms with Crippen molar-refractivity contribution in [1.82, 2.24) is 0 Å². The second-order valence-electron chi connectivity index (χ2n) is 4.18. The van der Waals surface area contributed by atoms with Crippen molar-refractivity contribution in [2.75, 3.05) is 20.3 Å². The Kier molecular flexibility index (Phi) is 7.62. The minimum Gasteiger partial charge on any atom is -0.497 e.